The van der Waals surface area contributed by atoms with Gasteiger partial charge in [-0.3, -0.25) is 14.9 Å². The maximum absolute atomic E-state index is 11.2. The van der Waals surface area contributed by atoms with Crippen molar-refractivity contribution in [2.75, 3.05) is 0 Å². The molecule has 1 N–H and O–H groups in total. The van der Waals surface area contributed by atoms with Crippen molar-refractivity contribution in [3.05, 3.63) is 44.5 Å². The molecule has 2 rings (SSSR count). The summed E-state index contributed by atoms with van der Waals surface area (Å²) in [5.41, 5.74) is -0.0593. The Labute approximate surface area is 88.9 Å². The van der Waals surface area contributed by atoms with E-state index in [1.54, 1.807) is 6.92 Å². The fraction of sp³-hybridized carbons (Fsp3) is 0.111. The highest BCUT2D eigenvalue weighted by Crippen LogP contribution is 2.23. The third-order valence-corrected chi connectivity index (χ3v) is 1.88. The van der Waals surface area contributed by atoms with Crippen LogP contribution in [0.3, 0.4) is 0 Å². The average Bonchev–Trinajstić information content (AvgIpc) is 2.64. The van der Waals surface area contributed by atoms with Gasteiger partial charge in [0.1, 0.15) is 16.4 Å². The van der Waals surface area contributed by atoms with Gasteiger partial charge in [-0.05, 0) is 13.0 Å². The number of nitrogens with zero attached hydrogens (tertiary/aromatic N) is 2. The minimum atomic E-state index is -0.649. The van der Waals surface area contributed by atoms with Gasteiger partial charge < -0.3 is 9.40 Å². The summed E-state index contributed by atoms with van der Waals surface area (Å²) in [7, 11) is 0. The van der Waals surface area contributed by atoms with E-state index in [0.29, 0.717) is 5.82 Å². The Morgan fingerprint density at radius 1 is 1.50 bits per heavy atom. The van der Waals surface area contributed by atoms with Crippen LogP contribution >= 0.6 is 0 Å². The maximum atomic E-state index is 11.2. The zero-order valence-corrected chi connectivity index (χ0v) is 8.26. The maximum Gasteiger partial charge on any atom is 0.433 e. The lowest BCUT2D eigenvalue weighted by Gasteiger charge is -1.96. The molecule has 0 fully saturated rings. The summed E-state index contributed by atoms with van der Waals surface area (Å²) in [4.78, 5) is 27.4. The van der Waals surface area contributed by atoms with Crippen LogP contribution in [0, 0.1) is 17.0 Å². The smallest absolute Gasteiger partial charge is 0.399 e. The molecule has 0 aliphatic carbocycles. The normalized spacial score (nSPS) is 10.3. The van der Waals surface area contributed by atoms with Gasteiger partial charge >= 0.3 is 5.88 Å². The Balaban J connectivity index is 2.50. The molecule has 2 aromatic rings. The highest BCUT2D eigenvalue weighted by molar-refractivity contribution is 5.52. The van der Waals surface area contributed by atoms with Gasteiger partial charge in [0, 0.05) is 6.07 Å². The van der Waals surface area contributed by atoms with Gasteiger partial charge in [0.2, 0.25) is 0 Å². The minimum Gasteiger partial charge on any atom is -0.399 e. The Bertz CT molecular complexity index is 599. The van der Waals surface area contributed by atoms with E-state index in [1.165, 1.54) is 18.2 Å². The summed E-state index contributed by atoms with van der Waals surface area (Å²) in [6.45, 7) is 1.61. The lowest BCUT2D eigenvalue weighted by atomic mass is 10.3. The second-order valence-corrected chi connectivity index (χ2v) is 3.11. The zero-order chi connectivity index (χ0) is 11.7. The van der Waals surface area contributed by atoms with Gasteiger partial charge in [-0.25, -0.2) is 4.98 Å². The Hall–Kier alpha value is -2.44. The first-order valence-corrected chi connectivity index (χ1v) is 4.39. The molecule has 0 amide bonds. The third kappa shape index (κ3) is 1.83. The average molecular weight is 221 g/mol. The van der Waals surface area contributed by atoms with Crippen LogP contribution in [0.4, 0.5) is 5.88 Å². The molecule has 0 bridgehead atoms. The van der Waals surface area contributed by atoms with E-state index < -0.39 is 4.92 Å². The monoisotopic (exact) mass is 221 g/mol. The van der Waals surface area contributed by atoms with Crippen LogP contribution in [-0.4, -0.2) is 14.9 Å². The summed E-state index contributed by atoms with van der Waals surface area (Å²) in [5, 5.41) is 10.4. The lowest BCUT2D eigenvalue weighted by Crippen LogP contribution is -2.08. The minimum absolute atomic E-state index is 0.195. The molecule has 7 nitrogen and oxygen atoms in total. The summed E-state index contributed by atoms with van der Waals surface area (Å²) in [6.07, 6.45) is 0. The molecule has 16 heavy (non-hydrogen) atoms. The number of furan rings is 1. The first kappa shape index (κ1) is 10.1. The molecule has 82 valence electrons. The number of nitro groups is 1. The summed E-state index contributed by atoms with van der Waals surface area (Å²) < 4.78 is 4.93. The van der Waals surface area contributed by atoms with Crippen LogP contribution in [0.2, 0.25) is 0 Å². The van der Waals surface area contributed by atoms with Crippen molar-refractivity contribution < 1.29 is 9.34 Å². The quantitative estimate of drug-likeness (QED) is 0.607. The van der Waals surface area contributed by atoms with Crippen LogP contribution in [0.15, 0.2) is 27.4 Å². The predicted octanol–water partition coefficient (Wildman–Crippen LogP) is 1.25. The molecule has 0 spiro atoms. The second kappa shape index (κ2) is 3.61. The van der Waals surface area contributed by atoms with Crippen molar-refractivity contribution in [3.8, 4) is 11.5 Å². The van der Waals surface area contributed by atoms with Crippen molar-refractivity contribution in [2.24, 2.45) is 0 Å². The van der Waals surface area contributed by atoms with Gasteiger partial charge in [-0.15, -0.1) is 0 Å². The second-order valence-electron chi connectivity index (χ2n) is 3.11. The lowest BCUT2D eigenvalue weighted by molar-refractivity contribution is -0.401. The fourth-order valence-electron chi connectivity index (χ4n) is 1.27. The molecule has 0 aromatic carbocycles. The highest BCUT2D eigenvalue weighted by Gasteiger charge is 2.14. The van der Waals surface area contributed by atoms with Crippen molar-refractivity contribution in [1.29, 1.82) is 0 Å². The molecule has 0 atom stereocenters. The number of aromatic amines is 1. The molecule has 0 radical (unpaired) electrons. The zero-order valence-electron chi connectivity index (χ0n) is 8.26. The predicted molar refractivity (Wildman–Crippen MR) is 54.0 cm³/mol. The molecule has 0 saturated carbocycles. The SMILES string of the molecule is Cc1nc(-c2ccc([N+](=O)[O-])o2)cc(=O)[nH]1. The van der Waals surface area contributed by atoms with Crippen molar-refractivity contribution in [1.82, 2.24) is 9.97 Å². The molecule has 0 aliphatic rings. The van der Waals surface area contributed by atoms with E-state index in [0.717, 1.165) is 0 Å². The summed E-state index contributed by atoms with van der Waals surface area (Å²) in [5.74, 6) is 0.234. The van der Waals surface area contributed by atoms with E-state index in [2.05, 4.69) is 9.97 Å². The number of aromatic nitrogens is 2. The van der Waals surface area contributed by atoms with E-state index in [-0.39, 0.29) is 22.9 Å². The molecule has 0 unspecified atom stereocenters. The molecular weight excluding hydrogens is 214 g/mol. The van der Waals surface area contributed by atoms with Gasteiger partial charge in [-0.2, -0.15) is 0 Å². The number of nitrogens with one attached hydrogen (secondary N) is 1. The van der Waals surface area contributed by atoms with Crippen LogP contribution in [-0.2, 0) is 0 Å². The van der Waals surface area contributed by atoms with Crippen LogP contribution in [0.25, 0.3) is 11.5 Å². The number of rotatable bonds is 2. The standard InChI is InChI=1S/C9H7N3O4/c1-5-10-6(4-8(13)11-5)7-2-3-9(16-7)12(14)15/h2-4H,1H3,(H,10,11,13). The Morgan fingerprint density at radius 3 is 2.81 bits per heavy atom. The van der Waals surface area contributed by atoms with Gasteiger partial charge in [-0.1, -0.05) is 0 Å². The first-order chi connectivity index (χ1) is 7.56. The van der Waals surface area contributed by atoms with E-state index >= 15 is 0 Å². The molecule has 7 heteroatoms. The van der Waals surface area contributed by atoms with Gasteiger partial charge in [0.15, 0.2) is 5.76 Å². The van der Waals surface area contributed by atoms with Crippen LogP contribution < -0.4 is 5.56 Å². The Kier molecular flexibility index (Phi) is 2.28. The molecule has 0 aliphatic heterocycles. The molecular formula is C9H7N3O4. The summed E-state index contributed by atoms with van der Waals surface area (Å²) >= 11 is 0. The highest BCUT2D eigenvalue weighted by atomic mass is 16.6. The van der Waals surface area contributed by atoms with Crippen LogP contribution in [0.1, 0.15) is 5.82 Å². The molecule has 2 heterocycles. The molecule has 0 saturated heterocycles. The van der Waals surface area contributed by atoms with E-state index in [4.69, 9.17) is 4.42 Å². The van der Waals surface area contributed by atoms with Gasteiger partial charge in [0.05, 0.1) is 6.07 Å². The number of hydrogen-bond acceptors (Lipinski definition) is 5. The Morgan fingerprint density at radius 2 is 2.25 bits per heavy atom. The van der Waals surface area contributed by atoms with Crippen molar-refractivity contribution in [2.45, 2.75) is 6.92 Å². The number of H-pyrrole nitrogens is 1. The number of hydrogen-bond donors (Lipinski definition) is 1. The number of aryl methyl sites for hydroxylation is 1. The largest absolute Gasteiger partial charge is 0.433 e. The summed E-state index contributed by atoms with van der Waals surface area (Å²) in [6, 6.07) is 3.84. The topological polar surface area (TPSA) is 102 Å². The van der Waals surface area contributed by atoms with Crippen molar-refractivity contribution >= 4 is 5.88 Å². The molecule has 2 aromatic heterocycles. The van der Waals surface area contributed by atoms with Gasteiger partial charge in [0.25, 0.3) is 5.56 Å². The third-order valence-electron chi connectivity index (χ3n) is 1.88. The van der Waals surface area contributed by atoms with E-state index in [9.17, 15) is 14.9 Å². The van der Waals surface area contributed by atoms with E-state index in [1.807, 2.05) is 0 Å². The van der Waals surface area contributed by atoms with Crippen LogP contribution in [0.5, 0.6) is 0 Å². The fourth-order valence-corrected chi connectivity index (χ4v) is 1.27. The first-order valence-electron chi connectivity index (χ1n) is 4.39. The van der Waals surface area contributed by atoms with Crippen molar-refractivity contribution in [3.63, 3.8) is 0 Å².